The molecule has 0 aromatic carbocycles. The lowest BCUT2D eigenvalue weighted by Gasteiger charge is -2.05. The van der Waals surface area contributed by atoms with Crippen molar-refractivity contribution in [3.05, 3.63) is 32.7 Å². The van der Waals surface area contributed by atoms with Crippen molar-refractivity contribution < 1.29 is 13.6 Å². The number of halogens is 4. The smallest absolute Gasteiger partial charge is 0.279 e. The second-order valence-corrected chi connectivity index (χ2v) is 3.10. The fourth-order valence-electron chi connectivity index (χ4n) is 0.911. The van der Waals surface area contributed by atoms with Crippen LogP contribution in [0.2, 0.25) is 5.02 Å². The summed E-state index contributed by atoms with van der Waals surface area (Å²) in [5, 5.41) is -1.52. The van der Waals surface area contributed by atoms with Crippen LogP contribution in [0.25, 0.3) is 0 Å². The summed E-state index contributed by atoms with van der Waals surface area (Å²) in [5.41, 5.74) is -2.24. The lowest BCUT2D eigenvalue weighted by molar-refractivity contribution is 0.106. The maximum absolute atomic E-state index is 12.3. The van der Waals surface area contributed by atoms with Crippen molar-refractivity contribution in [2.45, 2.75) is 6.43 Å². The molecule has 0 saturated heterocycles. The predicted molar refractivity (Wildman–Crippen MR) is 47.2 cm³/mol. The summed E-state index contributed by atoms with van der Waals surface area (Å²) < 4.78 is 24.6. The quantitative estimate of drug-likeness (QED) is 0.809. The van der Waals surface area contributed by atoms with Crippen molar-refractivity contribution in [3.63, 3.8) is 0 Å². The van der Waals surface area contributed by atoms with Crippen LogP contribution in [-0.4, -0.2) is 10.2 Å². The van der Waals surface area contributed by atoms with Gasteiger partial charge in [0.05, 0.1) is 16.3 Å². The molecule has 0 aliphatic rings. The Bertz CT molecular complexity index is 430. The molecule has 3 nitrogen and oxygen atoms in total. The summed E-state index contributed by atoms with van der Waals surface area (Å²) >= 11 is 10.4. The number of hydrogen-bond donors (Lipinski definition) is 1. The van der Waals surface area contributed by atoms with Gasteiger partial charge >= 0.3 is 0 Å². The van der Waals surface area contributed by atoms with Crippen molar-refractivity contribution in [2.24, 2.45) is 0 Å². The highest BCUT2D eigenvalue weighted by Crippen LogP contribution is 2.26. The minimum absolute atomic E-state index is 0.385. The standard InChI is InChI=1S/C7H3Cl2F2NO2/c8-2-1-3(13)12-5(7(10)11)4(2)6(9)14/h1,7H,(H,12,13). The van der Waals surface area contributed by atoms with Crippen LogP contribution in [0, 0.1) is 0 Å². The van der Waals surface area contributed by atoms with Gasteiger partial charge in [-0.2, -0.15) is 0 Å². The number of nitrogens with one attached hydrogen (secondary N) is 1. The van der Waals surface area contributed by atoms with Gasteiger partial charge in [0.2, 0.25) is 5.56 Å². The van der Waals surface area contributed by atoms with Gasteiger partial charge in [-0.15, -0.1) is 0 Å². The Morgan fingerprint density at radius 3 is 2.50 bits per heavy atom. The molecule has 0 amide bonds. The molecule has 1 aromatic rings. The van der Waals surface area contributed by atoms with E-state index in [-0.39, 0.29) is 5.02 Å². The second kappa shape index (κ2) is 4.06. The summed E-state index contributed by atoms with van der Waals surface area (Å²) in [6, 6.07) is 0.809. The number of alkyl halides is 2. The minimum Gasteiger partial charge on any atom is -0.320 e. The zero-order valence-electron chi connectivity index (χ0n) is 6.48. The van der Waals surface area contributed by atoms with Gasteiger partial charge in [0.1, 0.15) is 0 Å². The van der Waals surface area contributed by atoms with Crippen molar-refractivity contribution in [2.75, 3.05) is 0 Å². The Kier molecular flexibility index (Phi) is 3.23. The lowest BCUT2D eigenvalue weighted by Crippen LogP contribution is -2.13. The summed E-state index contributed by atoms with van der Waals surface area (Å²) in [4.78, 5) is 23.3. The molecule has 7 heteroatoms. The number of carbonyl (C=O) groups is 1. The van der Waals surface area contributed by atoms with Gasteiger partial charge in [-0.3, -0.25) is 9.59 Å². The highest BCUT2D eigenvalue weighted by Gasteiger charge is 2.21. The SMILES string of the molecule is O=C(Cl)c1c(Cl)cc(=O)[nH]c1C(F)F. The van der Waals surface area contributed by atoms with Crippen LogP contribution in [0.1, 0.15) is 22.5 Å². The third-order valence-electron chi connectivity index (χ3n) is 1.44. The van der Waals surface area contributed by atoms with E-state index in [4.69, 9.17) is 23.2 Å². The fourth-order valence-corrected chi connectivity index (χ4v) is 1.45. The number of pyridine rings is 1. The molecule has 1 rings (SSSR count). The third kappa shape index (κ3) is 2.10. The Morgan fingerprint density at radius 2 is 2.07 bits per heavy atom. The molecule has 0 spiro atoms. The van der Waals surface area contributed by atoms with Crippen molar-refractivity contribution in [1.29, 1.82) is 0 Å². The molecule has 0 atom stereocenters. The van der Waals surface area contributed by atoms with Crippen LogP contribution in [0.3, 0.4) is 0 Å². The van der Waals surface area contributed by atoms with Crippen molar-refractivity contribution >= 4 is 28.4 Å². The molecule has 0 aliphatic carbocycles. The highest BCUT2D eigenvalue weighted by molar-refractivity contribution is 6.68. The second-order valence-electron chi connectivity index (χ2n) is 2.34. The average molecular weight is 242 g/mol. The molecule has 0 radical (unpaired) electrons. The topological polar surface area (TPSA) is 49.9 Å². The third-order valence-corrected chi connectivity index (χ3v) is 1.93. The van der Waals surface area contributed by atoms with E-state index < -0.39 is 28.5 Å². The van der Waals surface area contributed by atoms with E-state index >= 15 is 0 Å². The van der Waals surface area contributed by atoms with Gasteiger partial charge < -0.3 is 4.98 Å². The first-order chi connectivity index (χ1) is 6.43. The molecule has 14 heavy (non-hydrogen) atoms. The largest absolute Gasteiger partial charge is 0.320 e. The van der Waals surface area contributed by atoms with Crippen molar-refractivity contribution in [3.8, 4) is 0 Å². The van der Waals surface area contributed by atoms with Gasteiger partial charge in [0.15, 0.2) is 0 Å². The predicted octanol–water partition coefficient (Wildman–Crippen LogP) is 2.34. The Labute approximate surface area is 86.6 Å². The van der Waals surface area contributed by atoms with E-state index in [2.05, 4.69) is 0 Å². The van der Waals surface area contributed by atoms with Crippen LogP contribution < -0.4 is 5.56 Å². The first-order valence-corrected chi connectivity index (χ1v) is 4.09. The van der Waals surface area contributed by atoms with Gasteiger partial charge in [0, 0.05) is 6.07 Å². The highest BCUT2D eigenvalue weighted by atomic mass is 35.5. The fraction of sp³-hybridized carbons (Fsp3) is 0.143. The maximum atomic E-state index is 12.3. The zero-order valence-corrected chi connectivity index (χ0v) is 7.99. The van der Waals surface area contributed by atoms with Gasteiger partial charge in [-0.25, -0.2) is 8.78 Å². The minimum atomic E-state index is -3.01. The van der Waals surface area contributed by atoms with E-state index in [1.165, 1.54) is 0 Å². The number of aromatic amines is 1. The lowest BCUT2D eigenvalue weighted by atomic mass is 10.2. The van der Waals surface area contributed by atoms with E-state index in [9.17, 15) is 18.4 Å². The molecule has 0 fully saturated rings. The Morgan fingerprint density at radius 1 is 1.50 bits per heavy atom. The number of H-pyrrole nitrogens is 1. The number of hydrogen-bond acceptors (Lipinski definition) is 2. The summed E-state index contributed by atoms with van der Waals surface area (Å²) in [6.45, 7) is 0. The van der Waals surface area contributed by atoms with Crippen LogP contribution in [-0.2, 0) is 0 Å². The van der Waals surface area contributed by atoms with Gasteiger partial charge in [-0.05, 0) is 11.6 Å². The Balaban J connectivity index is 3.52. The number of carbonyl (C=O) groups excluding carboxylic acids is 1. The van der Waals surface area contributed by atoms with Crippen molar-refractivity contribution in [1.82, 2.24) is 4.98 Å². The molecular weight excluding hydrogens is 239 g/mol. The number of rotatable bonds is 2. The maximum Gasteiger partial charge on any atom is 0.279 e. The average Bonchev–Trinajstić information content (AvgIpc) is 2.01. The number of aromatic nitrogens is 1. The van der Waals surface area contributed by atoms with E-state index in [0.717, 1.165) is 6.07 Å². The van der Waals surface area contributed by atoms with E-state index in [0.29, 0.717) is 0 Å². The molecular formula is C7H3Cl2F2NO2. The molecule has 1 heterocycles. The molecule has 1 aromatic heterocycles. The van der Waals surface area contributed by atoms with Crippen LogP contribution in [0.4, 0.5) is 8.78 Å². The van der Waals surface area contributed by atoms with E-state index in [1.54, 1.807) is 4.98 Å². The van der Waals surface area contributed by atoms with Gasteiger partial charge in [0.25, 0.3) is 11.7 Å². The van der Waals surface area contributed by atoms with Crippen LogP contribution >= 0.6 is 23.2 Å². The summed E-state index contributed by atoms with van der Waals surface area (Å²) in [7, 11) is 0. The summed E-state index contributed by atoms with van der Waals surface area (Å²) in [6.07, 6.45) is -3.01. The Hall–Kier alpha value is -0.940. The first-order valence-electron chi connectivity index (χ1n) is 3.34. The van der Waals surface area contributed by atoms with Crippen LogP contribution in [0.5, 0.6) is 0 Å². The monoisotopic (exact) mass is 241 g/mol. The molecule has 1 N–H and O–H groups in total. The molecule has 0 unspecified atom stereocenters. The normalized spacial score (nSPS) is 10.6. The summed E-state index contributed by atoms with van der Waals surface area (Å²) in [5.74, 6) is 0. The van der Waals surface area contributed by atoms with Crippen LogP contribution in [0.15, 0.2) is 10.9 Å². The molecule has 0 aliphatic heterocycles. The molecule has 0 bridgehead atoms. The zero-order chi connectivity index (χ0) is 10.9. The first kappa shape index (κ1) is 11.1. The van der Waals surface area contributed by atoms with Gasteiger partial charge in [-0.1, -0.05) is 11.6 Å². The van der Waals surface area contributed by atoms with E-state index in [1.807, 2.05) is 0 Å². The molecule has 0 saturated carbocycles. The molecule has 76 valence electrons.